The third-order valence-corrected chi connectivity index (χ3v) is 4.29. The van der Waals surface area contributed by atoms with Gasteiger partial charge in [-0.3, -0.25) is 4.90 Å². The molecule has 0 unspecified atom stereocenters. The molecule has 1 aromatic rings. The number of benzene rings is 1. The summed E-state index contributed by atoms with van der Waals surface area (Å²) in [5.41, 5.74) is 4.17. The van der Waals surface area contributed by atoms with Crippen LogP contribution < -0.4 is 10.6 Å². The molecule has 0 atom stereocenters. The van der Waals surface area contributed by atoms with Crippen molar-refractivity contribution in [1.29, 1.82) is 0 Å². The van der Waals surface area contributed by atoms with Gasteiger partial charge in [-0.1, -0.05) is 12.1 Å². The molecule has 0 spiro atoms. The van der Waals surface area contributed by atoms with Crippen molar-refractivity contribution < 1.29 is 0 Å². The van der Waals surface area contributed by atoms with Crippen molar-refractivity contribution in [3.05, 3.63) is 29.3 Å². The Morgan fingerprint density at radius 3 is 2.58 bits per heavy atom. The van der Waals surface area contributed by atoms with Crippen LogP contribution in [0.15, 0.2) is 18.2 Å². The lowest BCUT2D eigenvalue weighted by molar-refractivity contribution is 0.114. The molecule has 3 nitrogen and oxygen atoms in total. The molecule has 19 heavy (non-hydrogen) atoms. The Kier molecular flexibility index (Phi) is 4.48. The molecule has 0 amide bonds. The van der Waals surface area contributed by atoms with Crippen molar-refractivity contribution >= 4 is 5.69 Å². The highest BCUT2D eigenvalue weighted by Crippen LogP contribution is 2.21. The van der Waals surface area contributed by atoms with E-state index in [4.69, 9.17) is 0 Å². The summed E-state index contributed by atoms with van der Waals surface area (Å²) in [6, 6.07) is 6.47. The SMILES string of the molecule is Cc1cccc(NCC(C)(C)N2CCNCC2)c1C. The Morgan fingerprint density at radius 1 is 1.21 bits per heavy atom. The Morgan fingerprint density at radius 2 is 1.89 bits per heavy atom. The fourth-order valence-electron chi connectivity index (χ4n) is 2.64. The van der Waals surface area contributed by atoms with Crippen LogP contribution in [0.2, 0.25) is 0 Å². The van der Waals surface area contributed by atoms with Crippen molar-refractivity contribution in [2.75, 3.05) is 38.0 Å². The first kappa shape index (κ1) is 14.4. The maximum Gasteiger partial charge on any atom is 0.0373 e. The van der Waals surface area contributed by atoms with Gasteiger partial charge in [0.2, 0.25) is 0 Å². The molecule has 0 radical (unpaired) electrons. The Hall–Kier alpha value is -1.06. The minimum atomic E-state index is 0.193. The zero-order chi connectivity index (χ0) is 13.9. The third-order valence-electron chi connectivity index (χ3n) is 4.29. The monoisotopic (exact) mass is 261 g/mol. The molecule has 3 heteroatoms. The molecule has 1 saturated heterocycles. The summed E-state index contributed by atoms with van der Waals surface area (Å²) in [6.07, 6.45) is 0. The van der Waals surface area contributed by atoms with Crippen LogP contribution in [0.4, 0.5) is 5.69 Å². The number of nitrogens with zero attached hydrogens (tertiary/aromatic N) is 1. The summed E-state index contributed by atoms with van der Waals surface area (Å²) in [7, 11) is 0. The van der Waals surface area contributed by atoms with E-state index in [9.17, 15) is 0 Å². The average Bonchev–Trinajstić information content (AvgIpc) is 2.41. The standard InChI is InChI=1S/C16H27N3/c1-13-6-5-7-15(14(13)2)18-12-16(3,4)19-10-8-17-9-11-19/h5-7,17-18H,8-12H2,1-4H3. The molecule has 1 aromatic carbocycles. The number of hydrogen-bond donors (Lipinski definition) is 2. The quantitative estimate of drug-likeness (QED) is 0.871. The number of piperazine rings is 1. The number of aryl methyl sites for hydroxylation is 1. The highest BCUT2D eigenvalue weighted by molar-refractivity contribution is 5.53. The van der Waals surface area contributed by atoms with Gasteiger partial charge in [-0.15, -0.1) is 0 Å². The lowest BCUT2D eigenvalue weighted by Crippen LogP contribution is -2.56. The lowest BCUT2D eigenvalue weighted by Gasteiger charge is -2.41. The molecule has 0 saturated carbocycles. The highest BCUT2D eigenvalue weighted by Gasteiger charge is 2.27. The van der Waals surface area contributed by atoms with Gasteiger partial charge < -0.3 is 10.6 Å². The minimum absolute atomic E-state index is 0.193. The van der Waals surface area contributed by atoms with Crippen LogP contribution in [0.25, 0.3) is 0 Å². The Bertz CT molecular complexity index is 420. The molecule has 2 rings (SSSR count). The third kappa shape index (κ3) is 3.48. The van der Waals surface area contributed by atoms with Gasteiger partial charge >= 0.3 is 0 Å². The van der Waals surface area contributed by atoms with Gasteiger partial charge in [-0.25, -0.2) is 0 Å². The summed E-state index contributed by atoms with van der Waals surface area (Å²) >= 11 is 0. The van der Waals surface area contributed by atoms with Crippen LogP contribution >= 0.6 is 0 Å². The molecule has 1 aliphatic rings. The largest absolute Gasteiger partial charge is 0.383 e. The van der Waals surface area contributed by atoms with E-state index in [-0.39, 0.29) is 5.54 Å². The first-order valence-electron chi connectivity index (χ1n) is 7.26. The van der Waals surface area contributed by atoms with Crippen molar-refractivity contribution in [1.82, 2.24) is 10.2 Å². The summed E-state index contributed by atoms with van der Waals surface area (Å²) in [6.45, 7) is 14.5. The molecular formula is C16H27N3. The zero-order valence-electron chi connectivity index (χ0n) is 12.7. The van der Waals surface area contributed by atoms with Crippen molar-refractivity contribution in [3.63, 3.8) is 0 Å². The van der Waals surface area contributed by atoms with E-state index in [2.05, 4.69) is 61.4 Å². The van der Waals surface area contributed by atoms with Gasteiger partial charge in [0.25, 0.3) is 0 Å². The maximum absolute atomic E-state index is 3.63. The first-order valence-corrected chi connectivity index (χ1v) is 7.26. The van der Waals surface area contributed by atoms with Crippen molar-refractivity contribution in [3.8, 4) is 0 Å². The van der Waals surface area contributed by atoms with E-state index in [1.165, 1.54) is 16.8 Å². The van der Waals surface area contributed by atoms with E-state index in [0.29, 0.717) is 0 Å². The minimum Gasteiger partial charge on any atom is -0.383 e. The second-order valence-corrected chi connectivity index (χ2v) is 6.15. The van der Waals surface area contributed by atoms with E-state index in [1.807, 2.05) is 0 Å². The second kappa shape index (κ2) is 5.93. The fourth-order valence-corrected chi connectivity index (χ4v) is 2.64. The van der Waals surface area contributed by atoms with Gasteiger partial charge in [0.1, 0.15) is 0 Å². The molecule has 1 aliphatic heterocycles. The number of hydrogen-bond acceptors (Lipinski definition) is 3. The molecule has 1 fully saturated rings. The van der Waals surface area contributed by atoms with E-state index in [1.54, 1.807) is 0 Å². The predicted molar refractivity (Wildman–Crippen MR) is 82.9 cm³/mol. The molecule has 106 valence electrons. The Labute approximate surface area is 117 Å². The zero-order valence-corrected chi connectivity index (χ0v) is 12.7. The Balaban J connectivity index is 1.98. The first-order chi connectivity index (χ1) is 9.00. The maximum atomic E-state index is 3.63. The van der Waals surface area contributed by atoms with Crippen LogP contribution in [0.3, 0.4) is 0 Å². The van der Waals surface area contributed by atoms with Crippen LogP contribution in [0, 0.1) is 13.8 Å². The summed E-state index contributed by atoms with van der Waals surface area (Å²) in [5, 5.41) is 7.04. The van der Waals surface area contributed by atoms with Gasteiger partial charge in [-0.2, -0.15) is 0 Å². The molecule has 0 aromatic heterocycles. The topological polar surface area (TPSA) is 27.3 Å². The van der Waals surface area contributed by atoms with E-state index < -0.39 is 0 Å². The molecule has 0 aliphatic carbocycles. The molecule has 0 bridgehead atoms. The lowest BCUT2D eigenvalue weighted by atomic mass is 10.0. The average molecular weight is 261 g/mol. The summed E-state index contributed by atoms with van der Waals surface area (Å²) < 4.78 is 0. The molecular weight excluding hydrogens is 234 g/mol. The molecule has 2 N–H and O–H groups in total. The van der Waals surface area contributed by atoms with Gasteiger partial charge in [-0.05, 0) is 44.9 Å². The summed E-state index contributed by atoms with van der Waals surface area (Å²) in [4.78, 5) is 2.57. The van der Waals surface area contributed by atoms with Crippen molar-refractivity contribution in [2.45, 2.75) is 33.2 Å². The van der Waals surface area contributed by atoms with Gasteiger partial charge in [0, 0.05) is 44.0 Å². The van der Waals surface area contributed by atoms with E-state index >= 15 is 0 Å². The van der Waals surface area contributed by atoms with Crippen LogP contribution in [-0.2, 0) is 0 Å². The van der Waals surface area contributed by atoms with Crippen molar-refractivity contribution in [2.24, 2.45) is 0 Å². The number of anilines is 1. The van der Waals surface area contributed by atoms with Gasteiger partial charge in [0.05, 0.1) is 0 Å². The van der Waals surface area contributed by atoms with E-state index in [0.717, 1.165) is 32.7 Å². The fraction of sp³-hybridized carbons (Fsp3) is 0.625. The number of nitrogens with one attached hydrogen (secondary N) is 2. The van der Waals surface area contributed by atoms with Crippen LogP contribution in [0.1, 0.15) is 25.0 Å². The van der Waals surface area contributed by atoms with Crippen LogP contribution in [0.5, 0.6) is 0 Å². The summed E-state index contributed by atoms with van der Waals surface area (Å²) in [5.74, 6) is 0. The van der Waals surface area contributed by atoms with Crippen LogP contribution in [-0.4, -0.2) is 43.2 Å². The smallest absolute Gasteiger partial charge is 0.0373 e. The molecule has 1 heterocycles. The predicted octanol–water partition coefficient (Wildman–Crippen LogP) is 2.40. The second-order valence-electron chi connectivity index (χ2n) is 6.15. The number of rotatable bonds is 4. The highest BCUT2D eigenvalue weighted by atomic mass is 15.2. The normalized spacial score (nSPS) is 17.5. The van der Waals surface area contributed by atoms with Gasteiger partial charge in [0.15, 0.2) is 0 Å².